The van der Waals surface area contributed by atoms with E-state index in [1.807, 2.05) is 42.5 Å². The van der Waals surface area contributed by atoms with E-state index in [0.717, 1.165) is 24.1 Å². The van der Waals surface area contributed by atoms with E-state index < -0.39 is 0 Å². The van der Waals surface area contributed by atoms with Gasteiger partial charge >= 0.3 is 5.97 Å². The Labute approximate surface area is 148 Å². The minimum absolute atomic E-state index is 0.292. The largest absolute Gasteiger partial charge is 0.462 e. The van der Waals surface area contributed by atoms with Crippen LogP contribution in [0.4, 0.5) is 5.69 Å². The molecule has 0 heterocycles. The van der Waals surface area contributed by atoms with Gasteiger partial charge in [0, 0.05) is 12.2 Å². The van der Waals surface area contributed by atoms with Gasteiger partial charge in [-0.3, -0.25) is 0 Å². The third-order valence-electron chi connectivity index (χ3n) is 3.41. The van der Waals surface area contributed by atoms with E-state index in [9.17, 15) is 4.79 Å². The number of esters is 1. The third kappa shape index (κ3) is 6.01. The van der Waals surface area contributed by atoms with Gasteiger partial charge in [-0.2, -0.15) is 0 Å². The van der Waals surface area contributed by atoms with E-state index >= 15 is 0 Å². The van der Waals surface area contributed by atoms with E-state index in [0.29, 0.717) is 23.8 Å². The lowest BCUT2D eigenvalue weighted by Crippen LogP contribution is -2.27. The SMILES string of the molecule is CCCCOC(=O)c1ccc(NC(=S)NCc2ccccc2)cc1. The first-order valence-corrected chi connectivity index (χ1v) is 8.46. The van der Waals surface area contributed by atoms with Crippen molar-refractivity contribution in [2.45, 2.75) is 26.3 Å². The number of carbonyl (C=O) groups excluding carboxylic acids is 1. The van der Waals surface area contributed by atoms with Crippen LogP contribution in [-0.2, 0) is 11.3 Å². The Morgan fingerprint density at radius 1 is 1.08 bits per heavy atom. The molecule has 0 saturated heterocycles. The standard InChI is InChI=1S/C19H22N2O2S/c1-2-3-13-23-18(22)16-9-11-17(12-10-16)21-19(24)20-14-15-7-5-4-6-8-15/h4-12H,2-3,13-14H2,1H3,(H2,20,21,24). The maximum absolute atomic E-state index is 11.8. The van der Waals surface area contributed by atoms with Crippen LogP contribution in [0.2, 0.25) is 0 Å². The van der Waals surface area contributed by atoms with Gasteiger partial charge in [0.2, 0.25) is 0 Å². The molecule has 0 aromatic heterocycles. The van der Waals surface area contributed by atoms with E-state index in [1.165, 1.54) is 0 Å². The number of hydrogen-bond donors (Lipinski definition) is 2. The second kappa shape index (κ2) is 9.67. The molecule has 0 fully saturated rings. The number of rotatable bonds is 7. The van der Waals surface area contributed by atoms with Crippen LogP contribution in [0.1, 0.15) is 35.7 Å². The van der Waals surface area contributed by atoms with Gasteiger partial charge in [-0.15, -0.1) is 0 Å². The van der Waals surface area contributed by atoms with Crippen molar-refractivity contribution in [3.05, 3.63) is 65.7 Å². The molecular weight excluding hydrogens is 320 g/mol. The first-order valence-electron chi connectivity index (χ1n) is 8.05. The Hall–Kier alpha value is -2.40. The van der Waals surface area contributed by atoms with Gasteiger partial charge in [0.15, 0.2) is 5.11 Å². The lowest BCUT2D eigenvalue weighted by Gasteiger charge is -2.11. The summed E-state index contributed by atoms with van der Waals surface area (Å²) >= 11 is 5.28. The van der Waals surface area contributed by atoms with E-state index in [4.69, 9.17) is 17.0 Å². The van der Waals surface area contributed by atoms with Crippen molar-refractivity contribution in [2.75, 3.05) is 11.9 Å². The molecule has 0 amide bonds. The number of hydrogen-bond acceptors (Lipinski definition) is 3. The minimum atomic E-state index is -0.292. The van der Waals surface area contributed by atoms with Crippen LogP contribution in [-0.4, -0.2) is 17.7 Å². The van der Waals surface area contributed by atoms with Gasteiger partial charge in [-0.05, 0) is 48.5 Å². The van der Waals surface area contributed by atoms with E-state index in [2.05, 4.69) is 17.6 Å². The maximum Gasteiger partial charge on any atom is 0.338 e. The topological polar surface area (TPSA) is 50.4 Å². The summed E-state index contributed by atoms with van der Waals surface area (Å²) in [5.41, 5.74) is 2.53. The van der Waals surface area contributed by atoms with Crippen molar-refractivity contribution >= 4 is 29.0 Å². The fourth-order valence-corrected chi connectivity index (χ4v) is 2.23. The van der Waals surface area contributed by atoms with Crippen LogP contribution in [0.15, 0.2) is 54.6 Å². The molecule has 2 aromatic carbocycles. The lowest BCUT2D eigenvalue weighted by molar-refractivity contribution is 0.0500. The Morgan fingerprint density at radius 3 is 2.46 bits per heavy atom. The van der Waals surface area contributed by atoms with Crippen LogP contribution in [0.5, 0.6) is 0 Å². The maximum atomic E-state index is 11.8. The molecule has 0 bridgehead atoms. The van der Waals surface area contributed by atoms with Crippen molar-refractivity contribution in [3.63, 3.8) is 0 Å². The number of unbranched alkanes of at least 4 members (excludes halogenated alkanes) is 1. The summed E-state index contributed by atoms with van der Waals surface area (Å²) in [5.74, 6) is -0.292. The summed E-state index contributed by atoms with van der Waals surface area (Å²) < 4.78 is 5.18. The minimum Gasteiger partial charge on any atom is -0.462 e. The fourth-order valence-electron chi connectivity index (χ4n) is 2.04. The molecule has 0 atom stereocenters. The van der Waals surface area contributed by atoms with E-state index in [1.54, 1.807) is 12.1 Å². The number of ether oxygens (including phenoxy) is 1. The van der Waals surface area contributed by atoms with Gasteiger partial charge in [0.25, 0.3) is 0 Å². The zero-order chi connectivity index (χ0) is 17.2. The molecule has 126 valence electrons. The zero-order valence-electron chi connectivity index (χ0n) is 13.7. The molecule has 2 aromatic rings. The van der Waals surface area contributed by atoms with E-state index in [-0.39, 0.29) is 5.97 Å². The van der Waals surface area contributed by atoms with Gasteiger partial charge < -0.3 is 15.4 Å². The van der Waals surface area contributed by atoms with Crippen LogP contribution in [0.25, 0.3) is 0 Å². The molecule has 24 heavy (non-hydrogen) atoms. The number of nitrogens with one attached hydrogen (secondary N) is 2. The van der Waals surface area contributed by atoms with Gasteiger partial charge in [0.1, 0.15) is 0 Å². The normalized spacial score (nSPS) is 10.0. The first-order chi connectivity index (χ1) is 11.7. The molecule has 5 heteroatoms. The quantitative estimate of drug-likeness (QED) is 0.450. The summed E-state index contributed by atoms with van der Waals surface area (Å²) in [6.07, 6.45) is 1.89. The Bertz CT molecular complexity index is 657. The summed E-state index contributed by atoms with van der Waals surface area (Å²) in [6.45, 7) is 3.18. The summed E-state index contributed by atoms with van der Waals surface area (Å²) in [4.78, 5) is 11.8. The van der Waals surface area contributed by atoms with Crippen LogP contribution in [0, 0.1) is 0 Å². The summed E-state index contributed by atoms with van der Waals surface area (Å²) in [7, 11) is 0. The van der Waals surface area contributed by atoms with Gasteiger partial charge in [0.05, 0.1) is 12.2 Å². The van der Waals surface area contributed by atoms with Gasteiger partial charge in [-0.25, -0.2) is 4.79 Å². The highest BCUT2D eigenvalue weighted by molar-refractivity contribution is 7.80. The molecule has 0 saturated carbocycles. The molecule has 0 aliphatic heterocycles. The van der Waals surface area contributed by atoms with Crippen molar-refractivity contribution in [1.82, 2.24) is 5.32 Å². The predicted molar refractivity (Wildman–Crippen MR) is 101 cm³/mol. The van der Waals surface area contributed by atoms with Crippen molar-refractivity contribution in [3.8, 4) is 0 Å². The fraction of sp³-hybridized carbons (Fsp3) is 0.263. The number of anilines is 1. The molecule has 0 radical (unpaired) electrons. The van der Waals surface area contributed by atoms with Gasteiger partial charge in [-0.1, -0.05) is 43.7 Å². The first kappa shape index (κ1) is 17.9. The van der Waals surface area contributed by atoms with Crippen LogP contribution < -0.4 is 10.6 Å². The van der Waals surface area contributed by atoms with Crippen molar-refractivity contribution in [1.29, 1.82) is 0 Å². The van der Waals surface area contributed by atoms with Crippen molar-refractivity contribution in [2.24, 2.45) is 0 Å². The molecule has 2 rings (SSSR count). The Balaban J connectivity index is 1.80. The Morgan fingerprint density at radius 2 is 1.79 bits per heavy atom. The molecule has 0 spiro atoms. The predicted octanol–water partition coefficient (Wildman–Crippen LogP) is 4.13. The summed E-state index contributed by atoms with van der Waals surface area (Å²) in [6, 6.07) is 17.1. The number of thiocarbonyl (C=S) groups is 1. The molecule has 0 aliphatic carbocycles. The highest BCUT2D eigenvalue weighted by Gasteiger charge is 2.06. The molecule has 2 N–H and O–H groups in total. The molecule has 0 aliphatic rings. The lowest BCUT2D eigenvalue weighted by atomic mass is 10.2. The number of benzene rings is 2. The third-order valence-corrected chi connectivity index (χ3v) is 3.65. The molecule has 0 unspecified atom stereocenters. The van der Waals surface area contributed by atoms with Crippen LogP contribution >= 0.6 is 12.2 Å². The zero-order valence-corrected chi connectivity index (χ0v) is 14.6. The average Bonchev–Trinajstić information content (AvgIpc) is 2.61. The Kier molecular flexibility index (Phi) is 7.23. The smallest absolute Gasteiger partial charge is 0.338 e. The molecular formula is C19H22N2O2S. The monoisotopic (exact) mass is 342 g/mol. The second-order valence-corrected chi connectivity index (χ2v) is 5.77. The average molecular weight is 342 g/mol. The highest BCUT2D eigenvalue weighted by atomic mass is 32.1. The molecule has 4 nitrogen and oxygen atoms in total. The van der Waals surface area contributed by atoms with Crippen LogP contribution in [0.3, 0.4) is 0 Å². The summed E-state index contributed by atoms with van der Waals surface area (Å²) in [5, 5.41) is 6.79. The van der Waals surface area contributed by atoms with Crippen molar-refractivity contribution < 1.29 is 9.53 Å². The highest BCUT2D eigenvalue weighted by Crippen LogP contribution is 2.11. The second-order valence-electron chi connectivity index (χ2n) is 5.36. The number of carbonyl (C=O) groups is 1.